The fraction of sp³-hybridized carbons (Fsp3) is 0.462. The predicted octanol–water partition coefficient (Wildman–Crippen LogP) is 2.57. The summed E-state index contributed by atoms with van der Waals surface area (Å²) in [5.41, 5.74) is 0.979. The fourth-order valence-corrected chi connectivity index (χ4v) is 2.56. The van der Waals surface area contributed by atoms with Gasteiger partial charge in [0.15, 0.2) is 0 Å². The number of nitriles is 1. The molecule has 0 amide bonds. The molecule has 90 valence electrons. The molecule has 1 fully saturated rings. The van der Waals surface area contributed by atoms with Gasteiger partial charge >= 0.3 is 0 Å². The summed E-state index contributed by atoms with van der Waals surface area (Å²) in [6.07, 6.45) is 1.04. The van der Waals surface area contributed by atoms with E-state index in [9.17, 15) is 5.26 Å². The smallest absolute Gasteiger partial charge is 0.137 e. The minimum atomic E-state index is -0.0894. The number of hydrogen-bond acceptors (Lipinski definition) is 3. The topological polar surface area (TPSA) is 45.0 Å². The van der Waals surface area contributed by atoms with Gasteiger partial charge in [0.25, 0.3) is 0 Å². The van der Waals surface area contributed by atoms with Gasteiger partial charge in [-0.25, -0.2) is 0 Å². The first-order valence-corrected chi connectivity index (χ1v) is 6.08. The molecule has 1 aliphatic heterocycles. The van der Waals surface area contributed by atoms with Crippen LogP contribution in [0.15, 0.2) is 18.2 Å². The second-order valence-electron chi connectivity index (χ2n) is 4.25. The first-order chi connectivity index (χ1) is 8.26. The Bertz CT molecular complexity index is 436. The van der Waals surface area contributed by atoms with Crippen molar-refractivity contribution in [3.05, 3.63) is 28.8 Å². The lowest BCUT2D eigenvalue weighted by atomic mass is 9.86. The van der Waals surface area contributed by atoms with Crippen LogP contribution in [0.3, 0.4) is 0 Å². The molecule has 0 aliphatic carbocycles. The van der Waals surface area contributed by atoms with Gasteiger partial charge in [0.2, 0.25) is 0 Å². The Hall–Kier alpha value is -1.24. The molecular formula is C13H15ClN2O. The fourth-order valence-electron chi connectivity index (χ4n) is 2.29. The maximum absolute atomic E-state index is 9.31. The van der Waals surface area contributed by atoms with Crippen LogP contribution in [0.25, 0.3) is 0 Å². The second kappa shape index (κ2) is 5.39. The maximum Gasteiger partial charge on any atom is 0.137 e. The predicted molar refractivity (Wildman–Crippen MR) is 67.3 cm³/mol. The van der Waals surface area contributed by atoms with Gasteiger partial charge in [-0.1, -0.05) is 17.7 Å². The van der Waals surface area contributed by atoms with Crippen LogP contribution in [0.2, 0.25) is 5.02 Å². The molecule has 0 saturated carbocycles. The number of nitrogens with one attached hydrogen (secondary N) is 1. The Kier molecular flexibility index (Phi) is 3.88. The van der Waals surface area contributed by atoms with Crippen LogP contribution < -0.4 is 10.1 Å². The van der Waals surface area contributed by atoms with E-state index in [2.05, 4.69) is 11.4 Å². The van der Waals surface area contributed by atoms with Gasteiger partial charge in [0.05, 0.1) is 24.1 Å². The lowest BCUT2D eigenvalue weighted by Gasteiger charge is -2.16. The summed E-state index contributed by atoms with van der Waals surface area (Å²) < 4.78 is 5.11. The van der Waals surface area contributed by atoms with E-state index >= 15 is 0 Å². The van der Waals surface area contributed by atoms with E-state index in [0.717, 1.165) is 25.1 Å². The zero-order valence-corrected chi connectivity index (χ0v) is 10.5. The summed E-state index contributed by atoms with van der Waals surface area (Å²) in [5, 5.41) is 13.2. The van der Waals surface area contributed by atoms with Crippen molar-refractivity contribution in [2.45, 2.75) is 12.3 Å². The highest BCUT2D eigenvalue weighted by atomic mass is 35.5. The third-order valence-electron chi connectivity index (χ3n) is 3.24. The number of rotatable bonds is 3. The Morgan fingerprint density at radius 1 is 1.59 bits per heavy atom. The van der Waals surface area contributed by atoms with Crippen LogP contribution in [0, 0.1) is 17.2 Å². The molecule has 0 bridgehead atoms. The van der Waals surface area contributed by atoms with Crippen molar-refractivity contribution < 1.29 is 4.74 Å². The van der Waals surface area contributed by atoms with E-state index in [4.69, 9.17) is 16.3 Å². The van der Waals surface area contributed by atoms with E-state index < -0.39 is 0 Å². The van der Waals surface area contributed by atoms with E-state index in [1.165, 1.54) is 0 Å². The summed E-state index contributed by atoms with van der Waals surface area (Å²) in [7, 11) is 1.59. The molecule has 0 aromatic heterocycles. The average Bonchev–Trinajstić information content (AvgIpc) is 2.84. The summed E-state index contributed by atoms with van der Waals surface area (Å²) in [6.45, 7) is 1.90. The SMILES string of the molecule is COc1ccc(C(C#N)C2CCNC2)cc1Cl. The Morgan fingerprint density at radius 3 is 2.94 bits per heavy atom. The second-order valence-corrected chi connectivity index (χ2v) is 4.66. The molecule has 1 aliphatic rings. The van der Waals surface area contributed by atoms with Crippen molar-refractivity contribution in [1.82, 2.24) is 5.32 Å². The Labute approximate surface area is 106 Å². The first-order valence-electron chi connectivity index (χ1n) is 5.70. The highest BCUT2D eigenvalue weighted by molar-refractivity contribution is 6.32. The van der Waals surface area contributed by atoms with E-state index in [1.807, 2.05) is 18.2 Å². The molecule has 1 aromatic carbocycles. The van der Waals surface area contributed by atoms with Crippen molar-refractivity contribution in [2.24, 2.45) is 5.92 Å². The van der Waals surface area contributed by atoms with Crippen molar-refractivity contribution in [3.8, 4) is 11.8 Å². The van der Waals surface area contributed by atoms with Gasteiger partial charge in [0.1, 0.15) is 5.75 Å². The molecule has 1 aromatic rings. The Morgan fingerprint density at radius 2 is 2.41 bits per heavy atom. The van der Waals surface area contributed by atoms with Gasteiger partial charge in [0, 0.05) is 0 Å². The molecule has 1 saturated heterocycles. The van der Waals surface area contributed by atoms with Crippen LogP contribution in [-0.4, -0.2) is 20.2 Å². The van der Waals surface area contributed by atoms with E-state index in [0.29, 0.717) is 16.7 Å². The van der Waals surface area contributed by atoms with Crippen LogP contribution in [0.1, 0.15) is 17.9 Å². The normalized spacial score (nSPS) is 20.9. The van der Waals surface area contributed by atoms with E-state index in [1.54, 1.807) is 7.11 Å². The minimum absolute atomic E-state index is 0.0894. The zero-order valence-electron chi connectivity index (χ0n) is 9.74. The molecule has 17 heavy (non-hydrogen) atoms. The van der Waals surface area contributed by atoms with Crippen molar-refractivity contribution in [1.29, 1.82) is 5.26 Å². The lowest BCUT2D eigenvalue weighted by Crippen LogP contribution is -2.15. The molecule has 0 spiro atoms. The molecule has 0 radical (unpaired) electrons. The van der Waals surface area contributed by atoms with Crippen LogP contribution in [-0.2, 0) is 0 Å². The van der Waals surface area contributed by atoms with Gasteiger partial charge in [-0.15, -0.1) is 0 Å². The number of nitrogens with zero attached hydrogens (tertiary/aromatic N) is 1. The highest BCUT2D eigenvalue weighted by Gasteiger charge is 2.26. The van der Waals surface area contributed by atoms with Crippen LogP contribution in [0.4, 0.5) is 0 Å². The summed E-state index contributed by atoms with van der Waals surface area (Å²) in [5.74, 6) is 0.939. The molecule has 1 heterocycles. The molecular weight excluding hydrogens is 236 g/mol. The summed E-state index contributed by atoms with van der Waals surface area (Å²) in [6, 6.07) is 7.98. The number of hydrogen-bond donors (Lipinski definition) is 1. The van der Waals surface area contributed by atoms with Gasteiger partial charge in [-0.05, 0) is 43.1 Å². The first kappa shape index (κ1) is 12.2. The molecule has 4 heteroatoms. The van der Waals surface area contributed by atoms with Gasteiger partial charge in [-0.2, -0.15) is 5.26 Å². The van der Waals surface area contributed by atoms with Crippen molar-refractivity contribution in [3.63, 3.8) is 0 Å². The minimum Gasteiger partial charge on any atom is -0.495 e. The Balaban J connectivity index is 2.25. The van der Waals surface area contributed by atoms with Gasteiger partial charge in [-0.3, -0.25) is 0 Å². The van der Waals surface area contributed by atoms with Crippen molar-refractivity contribution >= 4 is 11.6 Å². The highest BCUT2D eigenvalue weighted by Crippen LogP contribution is 2.33. The van der Waals surface area contributed by atoms with Gasteiger partial charge < -0.3 is 10.1 Å². The monoisotopic (exact) mass is 250 g/mol. The zero-order chi connectivity index (χ0) is 12.3. The molecule has 1 N–H and O–H groups in total. The number of benzene rings is 1. The molecule has 2 atom stereocenters. The van der Waals surface area contributed by atoms with E-state index in [-0.39, 0.29) is 5.92 Å². The summed E-state index contributed by atoms with van der Waals surface area (Å²) >= 11 is 6.09. The average molecular weight is 251 g/mol. The van der Waals surface area contributed by atoms with Crippen LogP contribution >= 0.6 is 11.6 Å². The molecule has 2 rings (SSSR count). The maximum atomic E-state index is 9.31. The quantitative estimate of drug-likeness (QED) is 0.897. The standard InChI is InChI=1S/C13H15ClN2O/c1-17-13-3-2-9(6-12(13)14)11(7-15)10-4-5-16-8-10/h2-3,6,10-11,16H,4-5,8H2,1H3. The molecule has 2 unspecified atom stereocenters. The van der Waals surface area contributed by atoms with Crippen molar-refractivity contribution in [2.75, 3.05) is 20.2 Å². The van der Waals surface area contributed by atoms with Crippen LogP contribution in [0.5, 0.6) is 5.75 Å². The summed E-state index contributed by atoms with van der Waals surface area (Å²) in [4.78, 5) is 0. The lowest BCUT2D eigenvalue weighted by molar-refractivity contribution is 0.414. The number of ether oxygens (including phenoxy) is 1. The third-order valence-corrected chi connectivity index (χ3v) is 3.54. The number of methoxy groups -OCH3 is 1. The largest absolute Gasteiger partial charge is 0.495 e. The number of halogens is 1. The third kappa shape index (κ3) is 2.54. The molecule has 3 nitrogen and oxygen atoms in total.